The molecular formula is C45H31N4+. The van der Waals surface area contributed by atoms with Crippen LogP contribution in [0, 0.1) is 0 Å². The van der Waals surface area contributed by atoms with Crippen molar-refractivity contribution in [3.63, 3.8) is 0 Å². The van der Waals surface area contributed by atoms with E-state index in [4.69, 9.17) is 15.0 Å². The van der Waals surface area contributed by atoms with Crippen molar-refractivity contribution in [3.05, 3.63) is 203 Å². The molecule has 10 rings (SSSR count). The molecule has 6 aromatic carbocycles. The number of hydrogen-bond acceptors (Lipinski definition) is 3. The Labute approximate surface area is 285 Å². The molecule has 4 heteroatoms. The second-order valence-electron chi connectivity index (χ2n) is 12.9. The van der Waals surface area contributed by atoms with Gasteiger partial charge in [0.05, 0.1) is 17.1 Å². The average molecular weight is 628 g/mol. The Bertz CT molecular complexity index is 2400. The van der Waals surface area contributed by atoms with Gasteiger partial charge in [0.1, 0.15) is 22.5 Å². The minimum absolute atomic E-state index is 0.184. The molecule has 49 heavy (non-hydrogen) atoms. The van der Waals surface area contributed by atoms with Gasteiger partial charge in [0.2, 0.25) is 0 Å². The highest BCUT2D eigenvalue weighted by Crippen LogP contribution is 2.59. The van der Waals surface area contributed by atoms with E-state index in [2.05, 4.69) is 175 Å². The van der Waals surface area contributed by atoms with Crippen LogP contribution in [0.1, 0.15) is 39.7 Å². The molecule has 0 bridgehead atoms. The first-order chi connectivity index (χ1) is 24.3. The predicted molar refractivity (Wildman–Crippen MR) is 196 cm³/mol. The van der Waals surface area contributed by atoms with Crippen molar-refractivity contribution in [3.8, 4) is 33.6 Å². The smallest absolute Gasteiger partial charge is 0.176 e. The Balaban J connectivity index is 1.35. The Kier molecular flexibility index (Phi) is 6.20. The zero-order chi connectivity index (χ0) is 32.4. The number of aromatic nitrogens is 2. The summed E-state index contributed by atoms with van der Waals surface area (Å²) in [5, 5.41) is 2.41. The molecule has 0 saturated heterocycles. The lowest BCUT2D eigenvalue weighted by Gasteiger charge is -2.31. The van der Waals surface area contributed by atoms with Crippen LogP contribution < -0.4 is 5.32 Å². The minimum Gasteiger partial charge on any atom is -0.299 e. The normalized spacial score (nSPS) is 16.5. The fraction of sp³-hybridized carbons (Fsp3) is 0.0444. The molecular weight excluding hydrogens is 597 g/mol. The topological polar surface area (TPSA) is 54.8 Å². The molecule has 0 saturated carbocycles. The summed E-state index contributed by atoms with van der Waals surface area (Å²) in [5.74, 6) is 0. The molecule has 1 aromatic heterocycles. The predicted octanol–water partition coefficient (Wildman–Crippen LogP) is 8.72. The third kappa shape index (κ3) is 4.05. The van der Waals surface area contributed by atoms with Gasteiger partial charge in [-0.15, -0.1) is 0 Å². The van der Waals surface area contributed by atoms with Crippen molar-refractivity contribution in [1.29, 1.82) is 0 Å². The fourth-order valence-corrected chi connectivity index (χ4v) is 8.19. The van der Waals surface area contributed by atoms with Crippen LogP contribution in [0.2, 0.25) is 0 Å². The van der Waals surface area contributed by atoms with Crippen molar-refractivity contribution < 1.29 is 5.32 Å². The van der Waals surface area contributed by atoms with Gasteiger partial charge >= 0.3 is 0 Å². The van der Waals surface area contributed by atoms with Crippen molar-refractivity contribution in [2.75, 3.05) is 0 Å². The Hall–Kier alpha value is -6.23. The summed E-state index contributed by atoms with van der Waals surface area (Å²) in [5.41, 5.74) is 15.3. The molecule has 2 aliphatic carbocycles. The molecule has 3 aliphatic rings. The minimum atomic E-state index is -0.711. The van der Waals surface area contributed by atoms with Gasteiger partial charge in [-0.25, -0.2) is 15.0 Å². The summed E-state index contributed by atoms with van der Waals surface area (Å²) < 4.78 is 0. The molecule has 0 radical (unpaired) electrons. The first-order valence-corrected chi connectivity index (χ1v) is 16.8. The van der Waals surface area contributed by atoms with Crippen LogP contribution in [-0.4, -0.2) is 15.7 Å². The molecule has 2 N–H and O–H groups in total. The van der Waals surface area contributed by atoms with Gasteiger partial charge in [-0.3, -0.25) is 5.32 Å². The van der Waals surface area contributed by atoms with Crippen LogP contribution >= 0.6 is 0 Å². The lowest BCUT2D eigenvalue weighted by Crippen LogP contribution is -2.85. The second kappa shape index (κ2) is 10.9. The van der Waals surface area contributed by atoms with Gasteiger partial charge in [-0.05, 0) is 34.4 Å². The number of hydrogen-bond donors (Lipinski definition) is 1. The van der Waals surface area contributed by atoms with E-state index >= 15 is 0 Å². The maximum Gasteiger partial charge on any atom is 0.176 e. The van der Waals surface area contributed by atoms with Crippen LogP contribution in [0.4, 0.5) is 0 Å². The first-order valence-electron chi connectivity index (χ1n) is 16.8. The van der Waals surface area contributed by atoms with Gasteiger partial charge in [-0.1, -0.05) is 158 Å². The van der Waals surface area contributed by atoms with E-state index in [-0.39, 0.29) is 6.04 Å². The Morgan fingerprint density at radius 2 is 0.898 bits per heavy atom. The van der Waals surface area contributed by atoms with E-state index in [1.165, 1.54) is 22.3 Å². The molecule has 2 heterocycles. The fourth-order valence-electron chi connectivity index (χ4n) is 8.19. The van der Waals surface area contributed by atoms with E-state index in [9.17, 15) is 0 Å². The highest BCUT2D eigenvalue weighted by Gasteiger charge is 2.61. The molecule has 230 valence electrons. The monoisotopic (exact) mass is 627 g/mol. The summed E-state index contributed by atoms with van der Waals surface area (Å²) in [6, 6.07) is 59.6. The summed E-state index contributed by atoms with van der Waals surface area (Å²) >= 11 is 0. The number of quaternary nitrogens is 1. The average Bonchev–Trinajstić information content (AvgIpc) is 3.64. The number of rotatable bonds is 4. The van der Waals surface area contributed by atoms with Crippen LogP contribution in [0.25, 0.3) is 45.0 Å². The van der Waals surface area contributed by atoms with Crippen molar-refractivity contribution in [2.24, 2.45) is 4.99 Å². The summed E-state index contributed by atoms with van der Waals surface area (Å²) in [4.78, 5) is 17.3. The highest BCUT2D eigenvalue weighted by molar-refractivity contribution is 6.16. The molecule has 7 aromatic rings. The largest absolute Gasteiger partial charge is 0.299 e. The third-order valence-electron chi connectivity index (χ3n) is 10.3. The lowest BCUT2D eigenvalue weighted by atomic mass is 9.73. The van der Waals surface area contributed by atoms with Crippen molar-refractivity contribution in [2.45, 2.75) is 11.5 Å². The maximum atomic E-state index is 5.81. The maximum absolute atomic E-state index is 5.81. The number of fused-ring (bicyclic) bond motifs is 10. The van der Waals surface area contributed by atoms with Crippen LogP contribution in [0.5, 0.6) is 0 Å². The van der Waals surface area contributed by atoms with Crippen molar-refractivity contribution >= 4 is 17.1 Å². The van der Waals surface area contributed by atoms with E-state index in [1.807, 2.05) is 0 Å². The summed E-state index contributed by atoms with van der Waals surface area (Å²) in [7, 11) is 0. The quantitative estimate of drug-likeness (QED) is 0.212. The SMILES string of the molecule is c1ccc(C2=C(c3ccccc3)[NH2+]C3C(=N2)C2(c4ccccc4-c4ccccc42)c2nc(-c4ccccc4)c(-c4ccccc4)nc23)cc1. The van der Waals surface area contributed by atoms with E-state index in [0.29, 0.717) is 0 Å². The van der Waals surface area contributed by atoms with E-state index in [0.717, 1.165) is 62.1 Å². The molecule has 0 amide bonds. The van der Waals surface area contributed by atoms with E-state index in [1.54, 1.807) is 0 Å². The van der Waals surface area contributed by atoms with Gasteiger partial charge in [0.15, 0.2) is 11.7 Å². The first kappa shape index (κ1) is 27.8. The zero-order valence-corrected chi connectivity index (χ0v) is 26.7. The van der Waals surface area contributed by atoms with Gasteiger partial charge in [0.25, 0.3) is 0 Å². The summed E-state index contributed by atoms with van der Waals surface area (Å²) in [6.07, 6.45) is 0. The zero-order valence-electron chi connectivity index (χ0n) is 26.7. The van der Waals surface area contributed by atoms with Gasteiger partial charge in [0, 0.05) is 22.3 Å². The Morgan fingerprint density at radius 3 is 1.45 bits per heavy atom. The number of nitrogens with two attached hydrogens (primary N) is 1. The molecule has 4 nitrogen and oxygen atoms in total. The number of aliphatic imine (C=N–C) groups is 1. The third-order valence-corrected chi connectivity index (χ3v) is 10.3. The molecule has 1 aliphatic heterocycles. The molecule has 1 atom stereocenters. The standard InChI is InChI=1S/C45H30N4/c1-5-17-29(18-6-1)37-39(31-21-9-3-10-22-31)48-43-41(46-37)42-44(45(43)35-27-15-13-25-33(35)34-26-14-16-28-36(34)45)49-40(32-23-11-4-12-24-32)38(47-42)30-19-7-2-8-20-30/h1-28,41,46H/p+1. The van der Waals surface area contributed by atoms with Crippen molar-refractivity contribution in [1.82, 2.24) is 9.97 Å². The van der Waals surface area contributed by atoms with Crippen LogP contribution in [0.3, 0.4) is 0 Å². The molecule has 0 fully saturated rings. The van der Waals surface area contributed by atoms with Gasteiger partial charge < -0.3 is 0 Å². The van der Waals surface area contributed by atoms with Crippen LogP contribution in [0.15, 0.2) is 175 Å². The number of benzene rings is 6. The molecule has 1 spiro atoms. The van der Waals surface area contributed by atoms with Gasteiger partial charge in [-0.2, -0.15) is 0 Å². The summed E-state index contributed by atoms with van der Waals surface area (Å²) in [6.45, 7) is 0. The number of nitrogens with zero attached hydrogens (tertiary/aromatic N) is 3. The Morgan fingerprint density at radius 1 is 0.449 bits per heavy atom. The molecule has 1 unspecified atom stereocenters. The van der Waals surface area contributed by atoms with Crippen LogP contribution in [-0.2, 0) is 5.41 Å². The second-order valence-corrected chi connectivity index (χ2v) is 12.9. The lowest BCUT2D eigenvalue weighted by molar-refractivity contribution is -0.591. The van der Waals surface area contributed by atoms with E-state index < -0.39 is 5.41 Å². The highest BCUT2D eigenvalue weighted by atomic mass is 15.1.